The van der Waals surface area contributed by atoms with Crippen LogP contribution in [0.2, 0.25) is 0 Å². The molecule has 0 bridgehead atoms. The summed E-state index contributed by atoms with van der Waals surface area (Å²) in [6.45, 7) is 6.30. The number of para-hydroxylation sites is 1. The Labute approximate surface area is 138 Å². The van der Waals surface area contributed by atoms with Crippen LogP contribution in [0.4, 0.5) is 0 Å². The first kappa shape index (κ1) is 17.5. The summed E-state index contributed by atoms with van der Waals surface area (Å²) in [4.78, 5) is 0.131. The second-order valence-corrected chi connectivity index (χ2v) is 8.09. The lowest BCUT2D eigenvalue weighted by Gasteiger charge is -2.17. The lowest BCUT2D eigenvalue weighted by molar-refractivity contribution is 0.247. The lowest BCUT2D eigenvalue weighted by atomic mass is 9.93. The van der Waals surface area contributed by atoms with E-state index in [2.05, 4.69) is 0 Å². The minimum absolute atomic E-state index is 0.0307. The van der Waals surface area contributed by atoms with Crippen LogP contribution in [-0.2, 0) is 14.3 Å². The molecule has 5 heteroatoms. The molecule has 0 heterocycles. The maximum Gasteiger partial charge on any atom is 0.296 e. The summed E-state index contributed by atoms with van der Waals surface area (Å²) in [6, 6.07) is 15.5. The van der Waals surface area contributed by atoms with Gasteiger partial charge in [0.05, 0.1) is 11.5 Å². The largest absolute Gasteiger partial charge is 0.457 e. The van der Waals surface area contributed by atoms with Crippen molar-refractivity contribution in [1.29, 1.82) is 0 Å². The average molecular weight is 334 g/mol. The number of benzene rings is 2. The molecule has 2 aromatic carbocycles. The molecule has 0 saturated carbocycles. The molecule has 0 saturated heterocycles. The Kier molecular flexibility index (Phi) is 5.44. The molecule has 0 aromatic heterocycles. The Hall–Kier alpha value is -1.85. The summed E-state index contributed by atoms with van der Waals surface area (Å²) in [6.07, 6.45) is 0.668. The molecule has 2 aromatic rings. The number of ether oxygens (including phenoxy) is 1. The van der Waals surface area contributed by atoms with Gasteiger partial charge in [-0.05, 0) is 48.2 Å². The third-order valence-electron chi connectivity index (χ3n) is 3.18. The minimum Gasteiger partial charge on any atom is -0.457 e. The smallest absolute Gasteiger partial charge is 0.296 e. The van der Waals surface area contributed by atoms with Crippen LogP contribution in [0, 0.1) is 5.41 Å². The minimum atomic E-state index is -3.73. The van der Waals surface area contributed by atoms with Crippen LogP contribution in [0.15, 0.2) is 59.5 Å². The zero-order valence-corrected chi connectivity index (χ0v) is 14.5. The number of hydrogen-bond acceptors (Lipinski definition) is 4. The second-order valence-electron chi connectivity index (χ2n) is 6.47. The van der Waals surface area contributed by atoms with Gasteiger partial charge in [-0.2, -0.15) is 8.42 Å². The predicted molar refractivity (Wildman–Crippen MR) is 90.2 cm³/mol. The summed E-state index contributed by atoms with van der Waals surface area (Å²) in [5.41, 5.74) is 0.0307. The standard InChI is InChI=1S/C18H22O4S/c1-18(2,3)13-14-21-23(19,20)17-11-9-16(10-12-17)22-15-7-5-4-6-8-15/h4-12H,13-14H2,1-3H3. The second kappa shape index (κ2) is 7.15. The quantitative estimate of drug-likeness (QED) is 0.723. The topological polar surface area (TPSA) is 52.6 Å². The molecule has 4 nitrogen and oxygen atoms in total. The van der Waals surface area contributed by atoms with Crippen molar-refractivity contribution < 1.29 is 17.3 Å². The zero-order valence-electron chi connectivity index (χ0n) is 13.7. The van der Waals surface area contributed by atoms with Crippen molar-refractivity contribution in [3.8, 4) is 11.5 Å². The van der Waals surface area contributed by atoms with Crippen molar-refractivity contribution in [3.63, 3.8) is 0 Å². The van der Waals surface area contributed by atoms with Gasteiger partial charge in [0.25, 0.3) is 10.1 Å². The fourth-order valence-electron chi connectivity index (χ4n) is 1.82. The highest BCUT2D eigenvalue weighted by atomic mass is 32.2. The summed E-state index contributed by atoms with van der Waals surface area (Å²) in [5.74, 6) is 1.27. The van der Waals surface area contributed by atoms with Crippen molar-refractivity contribution in [2.75, 3.05) is 6.61 Å². The molecule has 0 aliphatic rings. The molecular formula is C18H22O4S. The first-order valence-corrected chi connectivity index (χ1v) is 8.89. The highest BCUT2D eigenvalue weighted by Gasteiger charge is 2.17. The first-order chi connectivity index (χ1) is 10.8. The van der Waals surface area contributed by atoms with E-state index in [1.807, 2.05) is 51.1 Å². The van der Waals surface area contributed by atoms with E-state index in [1.165, 1.54) is 12.1 Å². The Balaban J connectivity index is 2.00. The van der Waals surface area contributed by atoms with Crippen molar-refractivity contribution in [2.24, 2.45) is 5.41 Å². The molecule has 0 amide bonds. The number of hydrogen-bond donors (Lipinski definition) is 0. The molecule has 2 rings (SSSR count). The third-order valence-corrected chi connectivity index (χ3v) is 4.51. The van der Waals surface area contributed by atoms with Crippen molar-refractivity contribution in [1.82, 2.24) is 0 Å². The van der Waals surface area contributed by atoms with E-state index in [-0.39, 0.29) is 16.9 Å². The van der Waals surface area contributed by atoms with E-state index in [1.54, 1.807) is 12.1 Å². The molecule has 0 N–H and O–H groups in total. The van der Waals surface area contributed by atoms with Gasteiger partial charge in [-0.15, -0.1) is 0 Å². The summed E-state index contributed by atoms with van der Waals surface area (Å²) in [7, 11) is -3.73. The molecule has 23 heavy (non-hydrogen) atoms. The maximum atomic E-state index is 12.1. The first-order valence-electron chi connectivity index (χ1n) is 7.49. The van der Waals surface area contributed by atoms with Crippen LogP contribution >= 0.6 is 0 Å². The molecule has 0 aliphatic carbocycles. The van der Waals surface area contributed by atoms with Crippen LogP contribution in [-0.4, -0.2) is 15.0 Å². The van der Waals surface area contributed by atoms with Crippen LogP contribution in [0.1, 0.15) is 27.2 Å². The lowest BCUT2D eigenvalue weighted by Crippen LogP contribution is -2.13. The third kappa shape index (κ3) is 5.69. The van der Waals surface area contributed by atoms with Crippen LogP contribution in [0.25, 0.3) is 0 Å². The highest BCUT2D eigenvalue weighted by Crippen LogP contribution is 2.24. The Morgan fingerprint density at radius 2 is 1.43 bits per heavy atom. The van der Waals surface area contributed by atoms with E-state index >= 15 is 0 Å². The van der Waals surface area contributed by atoms with Gasteiger partial charge >= 0.3 is 0 Å². The van der Waals surface area contributed by atoms with Gasteiger partial charge < -0.3 is 4.74 Å². The summed E-state index contributed by atoms with van der Waals surface area (Å²) < 4.78 is 35.0. The predicted octanol–water partition coefficient (Wildman–Crippen LogP) is 4.62. The van der Waals surface area contributed by atoms with Gasteiger partial charge in [-0.1, -0.05) is 39.0 Å². The average Bonchev–Trinajstić information content (AvgIpc) is 2.47. The summed E-state index contributed by atoms with van der Waals surface area (Å²) >= 11 is 0. The Morgan fingerprint density at radius 3 is 2.00 bits per heavy atom. The highest BCUT2D eigenvalue weighted by molar-refractivity contribution is 7.86. The van der Waals surface area contributed by atoms with Crippen LogP contribution < -0.4 is 4.74 Å². The van der Waals surface area contributed by atoms with Gasteiger partial charge in [0.2, 0.25) is 0 Å². The van der Waals surface area contributed by atoms with E-state index < -0.39 is 10.1 Å². The SMILES string of the molecule is CC(C)(C)CCOS(=O)(=O)c1ccc(Oc2ccccc2)cc1. The fourth-order valence-corrected chi connectivity index (χ4v) is 2.73. The molecule has 0 aliphatic heterocycles. The molecule has 124 valence electrons. The van der Waals surface area contributed by atoms with E-state index in [9.17, 15) is 8.42 Å². The molecular weight excluding hydrogens is 312 g/mol. The molecule has 0 atom stereocenters. The van der Waals surface area contributed by atoms with Crippen molar-refractivity contribution in [2.45, 2.75) is 32.1 Å². The zero-order chi connectivity index (χ0) is 16.9. The molecule has 0 unspecified atom stereocenters. The van der Waals surface area contributed by atoms with Gasteiger partial charge in [0.15, 0.2) is 0 Å². The van der Waals surface area contributed by atoms with E-state index in [0.29, 0.717) is 17.9 Å². The van der Waals surface area contributed by atoms with Gasteiger partial charge in [-0.3, -0.25) is 4.18 Å². The van der Waals surface area contributed by atoms with Gasteiger partial charge in [0.1, 0.15) is 11.5 Å². The Bertz CT molecular complexity index is 714. The number of rotatable bonds is 6. The van der Waals surface area contributed by atoms with E-state index in [0.717, 1.165) is 0 Å². The van der Waals surface area contributed by atoms with E-state index in [4.69, 9.17) is 8.92 Å². The normalized spacial score (nSPS) is 12.1. The van der Waals surface area contributed by atoms with Crippen LogP contribution in [0.5, 0.6) is 11.5 Å². The van der Waals surface area contributed by atoms with Gasteiger partial charge in [-0.25, -0.2) is 0 Å². The summed E-state index contributed by atoms with van der Waals surface area (Å²) in [5, 5.41) is 0. The van der Waals surface area contributed by atoms with Crippen molar-refractivity contribution >= 4 is 10.1 Å². The van der Waals surface area contributed by atoms with Gasteiger partial charge in [0, 0.05) is 0 Å². The maximum absolute atomic E-state index is 12.1. The fraction of sp³-hybridized carbons (Fsp3) is 0.333. The monoisotopic (exact) mass is 334 g/mol. The van der Waals surface area contributed by atoms with Crippen LogP contribution in [0.3, 0.4) is 0 Å². The molecule has 0 fully saturated rings. The molecule has 0 spiro atoms. The Morgan fingerprint density at radius 1 is 0.870 bits per heavy atom. The van der Waals surface area contributed by atoms with Crippen molar-refractivity contribution in [3.05, 3.63) is 54.6 Å². The molecule has 0 radical (unpaired) electrons.